The van der Waals surface area contributed by atoms with Crippen LogP contribution in [0.25, 0.3) is 0 Å². The van der Waals surface area contributed by atoms with Crippen LogP contribution in [0.4, 0.5) is 0 Å². The molecule has 1 aromatic heterocycles. The van der Waals surface area contributed by atoms with E-state index in [0.29, 0.717) is 12.2 Å². The van der Waals surface area contributed by atoms with Gasteiger partial charge in [0.15, 0.2) is 0 Å². The third kappa shape index (κ3) is 4.78. The number of aromatic nitrogens is 1. The van der Waals surface area contributed by atoms with E-state index in [0.717, 1.165) is 30.4 Å². The van der Waals surface area contributed by atoms with Gasteiger partial charge in [0.25, 0.3) is 5.91 Å². The molecule has 0 bridgehead atoms. The summed E-state index contributed by atoms with van der Waals surface area (Å²) in [6.45, 7) is 2.05. The summed E-state index contributed by atoms with van der Waals surface area (Å²) in [6, 6.07) is 3.64. The van der Waals surface area contributed by atoms with Gasteiger partial charge in [-0.15, -0.1) is 0 Å². The molecule has 7 heteroatoms. The van der Waals surface area contributed by atoms with Crippen molar-refractivity contribution in [3.05, 3.63) is 28.5 Å². The highest BCUT2D eigenvalue weighted by Gasteiger charge is 2.22. The fourth-order valence-electron chi connectivity index (χ4n) is 2.29. The lowest BCUT2D eigenvalue weighted by molar-refractivity contribution is -0.122. The van der Waals surface area contributed by atoms with Gasteiger partial charge in [0.2, 0.25) is 5.91 Å². The molecule has 0 aliphatic carbocycles. The average molecular weight is 355 g/mol. The predicted octanol–water partition coefficient (Wildman–Crippen LogP) is 0.784. The predicted molar refractivity (Wildman–Crippen MR) is 82.9 cm³/mol. The van der Waals surface area contributed by atoms with Crippen LogP contribution in [0.2, 0.25) is 0 Å². The normalized spacial score (nSPS) is 16.5. The van der Waals surface area contributed by atoms with Gasteiger partial charge < -0.3 is 10.6 Å². The molecule has 1 aliphatic rings. The molecule has 0 atom stereocenters. The second kappa shape index (κ2) is 7.51. The Balaban J connectivity index is 1.79. The zero-order chi connectivity index (χ0) is 15.2. The third-order valence-electron chi connectivity index (χ3n) is 3.53. The number of rotatable bonds is 4. The number of hydrogen-bond donors (Lipinski definition) is 2. The van der Waals surface area contributed by atoms with Crippen molar-refractivity contribution in [3.8, 4) is 0 Å². The van der Waals surface area contributed by atoms with Crippen molar-refractivity contribution in [2.45, 2.75) is 18.9 Å². The monoisotopic (exact) mass is 354 g/mol. The van der Waals surface area contributed by atoms with Gasteiger partial charge in [-0.25, -0.2) is 4.98 Å². The van der Waals surface area contributed by atoms with Crippen molar-refractivity contribution in [1.29, 1.82) is 0 Å². The van der Waals surface area contributed by atoms with Crippen LogP contribution in [0.1, 0.15) is 23.3 Å². The number of carbonyl (C=O) groups excluding carboxylic acids is 2. The molecule has 2 amide bonds. The molecule has 1 aliphatic heterocycles. The topological polar surface area (TPSA) is 74.3 Å². The first kappa shape index (κ1) is 15.9. The van der Waals surface area contributed by atoms with Gasteiger partial charge >= 0.3 is 0 Å². The van der Waals surface area contributed by atoms with Crippen LogP contribution in [0.15, 0.2) is 22.8 Å². The smallest absolute Gasteiger partial charge is 0.270 e. The van der Waals surface area contributed by atoms with Crippen LogP contribution in [0.3, 0.4) is 0 Å². The van der Waals surface area contributed by atoms with E-state index in [1.807, 2.05) is 0 Å². The molecule has 0 radical (unpaired) electrons. The summed E-state index contributed by atoms with van der Waals surface area (Å²) in [5, 5.41) is 5.62. The number of piperidine rings is 1. The Morgan fingerprint density at radius 1 is 1.38 bits per heavy atom. The molecule has 114 valence electrons. The minimum absolute atomic E-state index is 0.0246. The molecule has 6 nitrogen and oxygen atoms in total. The Morgan fingerprint density at radius 2 is 2.10 bits per heavy atom. The quantitative estimate of drug-likeness (QED) is 0.837. The van der Waals surface area contributed by atoms with Gasteiger partial charge in [0.1, 0.15) is 5.69 Å². The van der Waals surface area contributed by atoms with E-state index in [1.54, 1.807) is 25.4 Å². The van der Waals surface area contributed by atoms with Crippen LogP contribution in [0, 0.1) is 0 Å². The van der Waals surface area contributed by atoms with Crippen molar-refractivity contribution in [3.63, 3.8) is 0 Å². The van der Waals surface area contributed by atoms with E-state index in [1.165, 1.54) is 0 Å². The Kier molecular flexibility index (Phi) is 5.69. The fourth-order valence-corrected chi connectivity index (χ4v) is 2.52. The summed E-state index contributed by atoms with van der Waals surface area (Å²) in [4.78, 5) is 29.6. The number of halogens is 1. The molecule has 0 saturated carbocycles. The lowest BCUT2D eigenvalue weighted by Crippen LogP contribution is -2.47. The van der Waals surface area contributed by atoms with Gasteiger partial charge in [0, 0.05) is 36.8 Å². The first-order valence-electron chi connectivity index (χ1n) is 6.94. The first-order chi connectivity index (χ1) is 10.1. The molecular formula is C14H19BrN4O2. The van der Waals surface area contributed by atoms with Crippen molar-refractivity contribution in [2.75, 3.05) is 26.7 Å². The molecule has 2 rings (SSSR count). The maximum atomic E-state index is 12.1. The largest absolute Gasteiger partial charge is 0.358 e. The zero-order valence-electron chi connectivity index (χ0n) is 11.9. The van der Waals surface area contributed by atoms with Crippen LogP contribution < -0.4 is 10.6 Å². The number of likely N-dealkylation sites (N-methyl/N-ethyl adjacent to an activating group) is 1. The van der Waals surface area contributed by atoms with Gasteiger partial charge in [0.05, 0.1) is 6.54 Å². The number of nitrogens with zero attached hydrogens (tertiary/aromatic N) is 2. The van der Waals surface area contributed by atoms with Crippen LogP contribution in [0.5, 0.6) is 0 Å². The number of hydrogen-bond acceptors (Lipinski definition) is 4. The van der Waals surface area contributed by atoms with E-state index >= 15 is 0 Å². The Labute approximate surface area is 132 Å². The van der Waals surface area contributed by atoms with E-state index in [4.69, 9.17) is 0 Å². The summed E-state index contributed by atoms with van der Waals surface area (Å²) in [6.07, 6.45) is 3.30. The molecule has 1 aromatic rings. The number of amides is 2. The summed E-state index contributed by atoms with van der Waals surface area (Å²) >= 11 is 3.29. The minimum Gasteiger partial charge on any atom is -0.358 e. The fraction of sp³-hybridized carbons (Fsp3) is 0.500. The number of carbonyl (C=O) groups is 2. The average Bonchev–Trinajstić information content (AvgIpc) is 2.49. The van der Waals surface area contributed by atoms with Crippen molar-refractivity contribution < 1.29 is 9.59 Å². The molecular weight excluding hydrogens is 336 g/mol. The highest BCUT2D eigenvalue weighted by molar-refractivity contribution is 9.10. The third-order valence-corrected chi connectivity index (χ3v) is 4.00. The second-order valence-electron chi connectivity index (χ2n) is 5.06. The molecule has 0 unspecified atom stereocenters. The lowest BCUT2D eigenvalue weighted by Gasteiger charge is -2.31. The number of nitrogens with one attached hydrogen (secondary N) is 2. The molecule has 21 heavy (non-hydrogen) atoms. The molecule has 2 heterocycles. The summed E-state index contributed by atoms with van der Waals surface area (Å²) in [7, 11) is 1.64. The molecule has 2 N–H and O–H groups in total. The molecule has 0 aromatic carbocycles. The molecule has 1 fully saturated rings. The van der Waals surface area contributed by atoms with Gasteiger partial charge in [-0.05, 0) is 40.9 Å². The van der Waals surface area contributed by atoms with Gasteiger partial charge in [-0.1, -0.05) is 0 Å². The Bertz CT molecular complexity index is 498. The second-order valence-corrected chi connectivity index (χ2v) is 5.97. The maximum absolute atomic E-state index is 12.1. The van der Waals surface area contributed by atoms with E-state index in [-0.39, 0.29) is 17.9 Å². The van der Waals surface area contributed by atoms with Crippen molar-refractivity contribution in [2.24, 2.45) is 0 Å². The zero-order valence-corrected chi connectivity index (χ0v) is 13.5. The van der Waals surface area contributed by atoms with Crippen LogP contribution in [-0.2, 0) is 4.79 Å². The van der Waals surface area contributed by atoms with E-state index < -0.39 is 0 Å². The number of likely N-dealkylation sites (tertiary alicyclic amines) is 1. The Hall–Kier alpha value is -1.47. The SMILES string of the molecule is CNC(=O)CN1CCC(NC(=O)c2ccc(Br)cn2)CC1. The summed E-state index contributed by atoms with van der Waals surface area (Å²) < 4.78 is 0.849. The molecule has 1 saturated heterocycles. The standard InChI is InChI=1S/C14H19BrN4O2/c1-16-13(20)9-19-6-4-11(5-7-19)18-14(21)12-3-2-10(15)8-17-12/h2-3,8,11H,4-7,9H2,1H3,(H,16,20)(H,18,21). The van der Waals surface area contributed by atoms with Gasteiger partial charge in [-0.3, -0.25) is 14.5 Å². The highest BCUT2D eigenvalue weighted by Crippen LogP contribution is 2.11. The maximum Gasteiger partial charge on any atom is 0.270 e. The Morgan fingerprint density at radius 3 is 2.67 bits per heavy atom. The van der Waals surface area contributed by atoms with Gasteiger partial charge in [-0.2, -0.15) is 0 Å². The summed E-state index contributed by atoms with van der Waals surface area (Å²) in [5.74, 6) is -0.121. The van der Waals surface area contributed by atoms with Crippen LogP contribution in [-0.4, -0.2) is 54.4 Å². The lowest BCUT2D eigenvalue weighted by atomic mass is 10.0. The summed E-state index contributed by atoms with van der Waals surface area (Å²) in [5.41, 5.74) is 0.422. The molecule has 0 spiro atoms. The van der Waals surface area contributed by atoms with E-state index in [9.17, 15) is 9.59 Å². The number of pyridine rings is 1. The minimum atomic E-state index is -0.146. The first-order valence-corrected chi connectivity index (χ1v) is 7.73. The van der Waals surface area contributed by atoms with Crippen LogP contribution >= 0.6 is 15.9 Å². The highest BCUT2D eigenvalue weighted by atomic mass is 79.9. The van der Waals surface area contributed by atoms with E-state index in [2.05, 4.69) is 36.4 Å². The van der Waals surface area contributed by atoms with Crippen molar-refractivity contribution in [1.82, 2.24) is 20.5 Å². The van der Waals surface area contributed by atoms with Crippen molar-refractivity contribution >= 4 is 27.7 Å².